The van der Waals surface area contributed by atoms with Gasteiger partial charge in [-0.3, -0.25) is 10.1 Å². The molecule has 2 rings (SSSR count). The fraction of sp³-hybridized carbons (Fsp3) is 0.625. The molecule has 116 valence electrons. The van der Waals surface area contributed by atoms with Gasteiger partial charge in [0.1, 0.15) is 0 Å². The maximum atomic E-state index is 10.9. The van der Waals surface area contributed by atoms with Gasteiger partial charge in [-0.25, -0.2) is 0 Å². The first-order chi connectivity index (χ1) is 10.2. The predicted octanol–water partition coefficient (Wildman–Crippen LogP) is 3.59. The fourth-order valence-electron chi connectivity index (χ4n) is 2.77. The largest absolute Gasteiger partial charge is 0.377 e. The van der Waals surface area contributed by atoms with Crippen LogP contribution in [0.25, 0.3) is 0 Å². The zero-order valence-corrected chi connectivity index (χ0v) is 12.6. The summed E-state index contributed by atoms with van der Waals surface area (Å²) in [5, 5.41) is 14.4. The molecule has 0 bridgehead atoms. The second-order valence-electron chi connectivity index (χ2n) is 5.59. The molecule has 2 atom stereocenters. The third kappa shape index (κ3) is 4.79. The summed E-state index contributed by atoms with van der Waals surface area (Å²) in [6.07, 6.45) is 5.75. The predicted molar refractivity (Wildman–Crippen MR) is 82.3 cm³/mol. The van der Waals surface area contributed by atoms with Gasteiger partial charge in [-0.05, 0) is 31.2 Å². The summed E-state index contributed by atoms with van der Waals surface area (Å²) in [5.74, 6) is 0. The van der Waals surface area contributed by atoms with E-state index in [4.69, 9.17) is 4.74 Å². The van der Waals surface area contributed by atoms with Crippen LogP contribution in [0.5, 0.6) is 0 Å². The number of benzene rings is 1. The van der Waals surface area contributed by atoms with Crippen LogP contribution in [0, 0.1) is 10.1 Å². The van der Waals surface area contributed by atoms with Gasteiger partial charge in [-0.1, -0.05) is 25.5 Å². The first kappa shape index (κ1) is 15.9. The number of ether oxygens (including phenoxy) is 1. The van der Waals surface area contributed by atoms with Crippen LogP contribution >= 0.6 is 0 Å². The molecule has 21 heavy (non-hydrogen) atoms. The first-order valence-corrected chi connectivity index (χ1v) is 7.80. The Labute approximate surface area is 125 Å². The Morgan fingerprint density at radius 3 is 3.00 bits per heavy atom. The number of nitrogens with zero attached hydrogens (tertiary/aromatic N) is 1. The highest BCUT2D eigenvalue weighted by Gasteiger charge is 2.18. The summed E-state index contributed by atoms with van der Waals surface area (Å²) in [5.41, 5.74) is 1.14. The van der Waals surface area contributed by atoms with Crippen LogP contribution in [0.2, 0.25) is 0 Å². The van der Waals surface area contributed by atoms with Gasteiger partial charge in [-0.15, -0.1) is 0 Å². The van der Waals surface area contributed by atoms with Crippen molar-refractivity contribution in [1.82, 2.24) is 5.32 Å². The lowest BCUT2D eigenvalue weighted by atomic mass is 10.0. The van der Waals surface area contributed by atoms with Crippen LogP contribution < -0.4 is 5.32 Å². The van der Waals surface area contributed by atoms with Crippen molar-refractivity contribution in [2.45, 2.75) is 51.2 Å². The molecule has 0 aliphatic carbocycles. The molecular formula is C16H24N2O3. The van der Waals surface area contributed by atoms with E-state index in [1.54, 1.807) is 12.1 Å². The van der Waals surface area contributed by atoms with Crippen molar-refractivity contribution in [3.8, 4) is 0 Å². The van der Waals surface area contributed by atoms with Crippen LogP contribution in [-0.2, 0) is 4.74 Å². The second kappa shape index (κ2) is 8.10. The molecule has 0 spiro atoms. The van der Waals surface area contributed by atoms with Crippen LogP contribution in [-0.4, -0.2) is 24.2 Å². The minimum atomic E-state index is -0.337. The number of nitrogens with one attached hydrogen (secondary N) is 1. The van der Waals surface area contributed by atoms with E-state index in [0.717, 1.165) is 44.4 Å². The zero-order chi connectivity index (χ0) is 15.1. The highest BCUT2D eigenvalue weighted by molar-refractivity contribution is 5.35. The molecule has 1 aliphatic heterocycles. The number of non-ortho nitro benzene ring substituents is 1. The summed E-state index contributed by atoms with van der Waals surface area (Å²) in [6, 6.07) is 7.09. The molecule has 1 fully saturated rings. The molecule has 1 saturated heterocycles. The van der Waals surface area contributed by atoms with E-state index in [9.17, 15) is 10.1 Å². The molecule has 5 nitrogen and oxygen atoms in total. The van der Waals surface area contributed by atoms with Crippen molar-refractivity contribution < 1.29 is 9.66 Å². The quantitative estimate of drug-likeness (QED) is 0.616. The zero-order valence-electron chi connectivity index (χ0n) is 12.6. The standard InChI is InChI=1S/C16H24N2O3/c1-2-6-16(17-12-15-9-3-4-10-21-15)13-7-5-8-14(11-13)18(19)20/h5,7-8,11,15-17H,2-4,6,9-10,12H2,1H3. The van der Waals surface area contributed by atoms with Gasteiger partial charge in [0.25, 0.3) is 5.69 Å². The van der Waals surface area contributed by atoms with E-state index in [1.807, 2.05) is 6.07 Å². The third-order valence-corrected chi connectivity index (χ3v) is 3.93. The van der Waals surface area contributed by atoms with E-state index in [0.29, 0.717) is 0 Å². The number of nitro groups is 1. The summed E-state index contributed by atoms with van der Waals surface area (Å²) in [7, 11) is 0. The smallest absolute Gasteiger partial charge is 0.269 e. The van der Waals surface area contributed by atoms with Gasteiger partial charge < -0.3 is 10.1 Å². The van der Waals surface area contributed by atoms with Crippen molar-refractivity contribution >= 4 is 5.69 Å². The average molecular weight is 292 g/mol. The van der Waals surface area contributed by atoms with E-state index in [2.05, 4.69) is 12.2 Å². The Hall–Kier alpha value is -1.46. The van der Waals surface area contributed by atoms with Gasteiger partial charge in [-0.2, -0.15) is 0 Å². The first-order valence-electron chi connectivity index (χ1n) is 7.80. The highest BCUT2D eigenvalue weighted by atomic mass is 16.6. The maximum absolute atomic E-state index is 10.9. The Morgan fingerprint density at radius 2 is 2.33 bits per heavy atom. The molecule has 1 aromatic rings. The molecule has 0 saturated carbocycles. The van der Waals surface area contributed by atoms with Crippen molar-refractivity contribution in [2.24, 2.45) is 0 Å². The van der Waals surface area contributed by atoms with Crippen LogP contribution in [0.1, 0.15) is 50.6 Å². The number of nitro benzene ring substituents is 1. The molecule has 2 unspecified atom stereocenters. The van der Waals surface area contributed by atoms with E-state index in [-0.39, 0.29) is 22.8 Å². The molecular weight excluding hydrogens is 268 g/mol. The molecule has 0 radical (unpaired) electrons. The number of hydrogen-bond acceptors (Lipinski definition) is 4. The van der Waals surface area contributed by atoms with Gasteiger partial charge in [0.05, 0.1) is 11.0 Å². The maximum Gasteiger partial charge on any atom is 0.269 e. The molecule has 1 heterocycles. The monoisotopic (exact) mass is 292 g/mol. The van der Waals surface area contributed by atoms with Crippen molar-refractivity contribution in [1.29, 1.82) is 0 Å². The fourth-order valence-corrected chi connectivity index (χ4v) is 2.77. The summed E-state index contributed by atoms with van der Waals surface area (Å²) in [4.78, 5) is 10.6. The number of rotatable bonds is 7. The third-order valence-electron chi connectivity index (χ3n) is 3.93. The minimum absolute atomic E-state index is 0.153. The average Bonchev–Trinajstić information content (AvgIpc) is 2.52. The van der Waals surface area contributed by atoms with Gasteiger partial charge in [0.2, 0.25) is 0 Å². The highest BCUT2D eigenvalue weighted by Crippen LogP contribution is 2.23. The summed E-state index contributed by atoms with van der Waals surface area (Å²) < 4.78 is 5.73. The molecule has 0 aromatic heterocycles. The van der Waals surface area contributed by atoms with Crippen LogP contribution in [0.15, 0.2) is 24.3 Å². The van der Waals surface area contributed by atoms with Gasteiger partial charge in [0, 0.05) is 31.3 Å². The van der Waals surface area contributed by atoms with Crippen molar-refractivity contribution in [3.05, 3.63) is 39.9 Å². The lowest BCUT2D eigenvalue weighted by Crippen LogP contribution is -2.34. The molecule has 1 N–H and O–H groups in total. The second-order valence-corrected chi connectivity index (χ2v) is 5.59. The van der Waals surface area contributed by atoms with Gasteiger partial charge in [0.15, 0.2) is 0 Å². The van der Waals surface area contributed by atoms with Gasteiger partial charge >= 0.3 is 0 Å². The van der Waals surface area contributed by atoms with Crippen molar-refractivity contribution in [2.75, 3.05) is 13.2 Å². The Kier molecular flexibility index (Phi) is 6.14. The lowest BCUT2D eigenvalue weighted by Gasteiger charge is -2.26. The normalized spacial score (nSPS) is 20.1. The Balaban J connectivity index is 2.00. The van der Waals surface area contributed by atoms with E-state index in [1.165, 1.54) is 12.5 Å². The molecule has 1 aliphatic rings. The Morgan fingerprint density at radius 1 is 1.48 bits per heavy atom. The Bertz CT molecular complexity index is 459. The summed E-state index contributed by atoms with van der Waals surface area (Å²) >= 11 is 0. The minimum Gasteiger partial charge on any atom is -0.377 e. The SMILES string of the molecule is CCCC(NCC1CCCCO1)c1cccc([N+](=O)[O-])c1. The van der Waals surface area contributed by atoms with Crippen LogP contribution in [0.3, 0.4) is 0 Å². The summed E-state index contributed by atoms with van der Waals surface area (Å²) in [6.45, 7) is 3.79. The van der Waals surface area contributed by atoms with E-state index >= 15 is 0 Å². The van der Waals surface area contributed by atoms with Crippen LogP contribution in [0.4, 0.5) is 5.69 Å². The topological polar surface area (TPSA) is 64.4 Å². The lowest BCUT2D eigenvalue weighted by molar-refractivity contribution is -0.384. The van der Waals surface area contributed by atoms with Crippen molar-refractivity contribution in [3.63, 3.8) is 0 Å². The van der Waals surface area contributed by atoms with E-state index < -0.39 is 0 Å². The number of hydrogen-bond donors (Lipinski definition) is 1. The molecule has 1 aromatic carbocycles. The molecule has 0 amide bonds. The molecule has 5 heteroatoms.